The number of aryl methyl sites for hydroxylation is 1. The van der Waals surface area contributed by atoms with Crippen LogP contribution in [0, 0.1) is 6.92 Å². The topological polar surface area (TPSA) is 124 Å². The van der Waals surface area contributed by atoms with Gasteiger partial charge in [-0.25, -0.2) is 14.4 Å². The van der Waals surface area contributed by atoms with Gasteiger partial charge in [0.1, 0.15) is 35.1 Å². The van der Waals surface area contributed by atoms with Crippen molar-refractivity contribution in [2.24, 2.45) is 0 Å². The summed E-state index contributed by atoms with van der Waals surface area (Å²) in [6, 6.07) is 12.4. The minimum absolute atomic E-state index is 0.115. The van der Waals surface area contributed by atoms with Crippen molar-refractivity contribution in [3.63, 3.8) is 0 Å². The number of benzene rings is 3. The number of carbonyl (C=O) groups is 1. The van der Waals surface area contributed by atoms with E-state index < -0.39 is 11.7 Å². The Balaban J connectivity index is 1.28. The molecule has 0 radical (unpaired) electrons. The third-order valence-electron chi connectivity index (χ3n) is 7.76. The molecule has 2 aromatic heterocycles. The van der Waals surface area contributed by atoms with Crippen molar-refractivity contribution in [1.29, 1.82) is 0 Å². The van der Waals surface area contributed by atoms with Gasteiger partial charge in [-0.15, -0.1) is 0 Å². The van der Waals surface area contributed by atoms with Crippen LogP contribution in [0.1, 0.15) is 18.4 Å². The first-order valence-electron chi connectivity index (χ1n) is 14.4. The number of hydrogen-bond donors (Lipinski definition) is 2. The fraction of sp³-hybridized carbons (Fsp3) is 0.242. The Labute approximate surface area is 259 Å². The quantitative estimate of drug-likeness (QED) is 0.184. The number of carbonyl (C=O) groups excluding carboxylic acids is 1. The predicted molar refractivity (Wildman–Crippen MR) is 170 cm³/mol. The zero-order chi connectivity index (χ0) is 31.5. The van der Waals surface area contributed by atoms with Crippen LogP contribution in [0.2, 0.25) is 0 Å². The van der Waals surface area contributed by atoms with E-state index in [1.54, 1.807) is 37.7 Å². The molecular weight excluding hydrogens is 577 g/mol. The smallest absolute Gasteiger partial charge is 0.284 e. The number of nitrogens with one attached hydrogen (secondary N) is 2. The number of hydrogen-bond acceptors (Lipinski definition) is 10. The van der Waals surface area contributed by atoms with Crippen molar-refractivity contribution in [1.82, 2.24) is 24.8 Å². The second-order valence-corrected chi connectivity index (χ2v) is 10.7. The average molecular weight is 610 g/mol. The number of aromatic nitrogens is 4. The van der Waals surface area contributed by atoms with Crippen LogP contribution in [-0.2, 0) is 4.79 Å². The molecule has 3 heterocycles. The van der Waals surface area contributed by atoms with Crippen LogP contribution < -0.4 is 24.8 Å². The van der Waals surface area contributed by atoms with Crippen LogP contribution in [0.25, 0.3) is 21.9 Å². The van der Waals surface area contributed by atoms with Gasteiger partial charge in [0.2, 0.25) is 0 Å². The summed E-state index contributed by atoms with van der Waals surface area (Å²) in [6.45, 7) is 2.78. The first-order chi connectivity index (χ1) is 21.8. The van der Waals surface area contributed by atoms with E-state index >= 15 is 0 Å². The first kappa shape index (κ1) is 29.7. The highest BCUT2D eigenvalue weighted by atomic mass is 19.1. The monoisotopic (exact) mass is 609 g/mol. The van der Waals surface area contributed by atoms with Crippen molar-refractivity contribution in [3.05, 3.63) is 78.7 Å². The summed E-state index contributed by atoms with van der Waals surface area (Å²) < 4.78 is 32.3. The molecule has 0 bridgehead atoms. The van der Waals surface area contributed by atoms with Gasteiger partial charge in [0, 0.05) is 42.0 Å². The summed E-state index contributed by atoms with van der Waals surface area (Å²) in [5.41, 5.74) is 3.79. The van der Waals surface area contributed by atoms with E-state index in [4.69, 9.17) is 14.2 Å². The lowest BCUT2D eigenvalue weighted by Crippen LogP contribution is -2.24. The molecule has 1 fully saturated rings. The summed E-state index contributed by atoms with van der Waals surface area (Å²) in [5, 5.41) is 6.54. The van der Waals surface area contributed by atoms with E-state index in [0.29, 0.717) is 45.4 Å². The number of likely N-dealkylation sites (tertiary alicyclic amines) is 1. The van der Waals surface area contributed by atoms with Gasteiger partial charge in [0.15, 0.2) is 5.83 Å². The Morgan fingerprint density at radius 1 is 0.933 bits per heavy atom. The first-order valence-corrected chi connectivity index (χ1v) is 14.4. The van der Waals surface area contributed by atoms with Crippen LogP contribution in [0.4, 0.5) is 21.6 Å². The van der Waals surface area contributed by atoms with E-state index in [-0.39, 0.29) is 11.7 Å². The highest BCUT2D eigenvalue weighted by molar-refractivity contribution is 6.05. The van der Waals surface area contributed by atoms with Crippen molar-refractivity contribution in [3.8, 4) is 23.0 Å². The number of fused-ring (bicyclic) bond motifs is 2. The highest BCUT2D eigenvalue weighted by Gasteiger charge is 2.22. The normalized spacial score (nSPS) is 15.3. The summed E-state index contributed by atoms with van der Waals surface area (Å²) in [4.78, 5) is 32.3. The van der Waals surface area contributed by atoms with Crippen molar-refractivity contribution < 1.29 is 23.4 Å². The fourth-order valence-electron chi connectivity index (χ4n) is 5.33. The summed E-state index contributed by atoms with van der Waals surface area (Å²) >= 11 is 0. The number of amides is 1. The van der Waals surface area contributed by atoms with E-state index in [1.165, 1.54) is 19.5 Å². The molecule has 5 aromatic rings. The summed E-state index contributed by atoms with van der Waals surface area (Å²) in [6.07, 6.45) is 7.82. The number of methoxy groups -OCH3 is 2. The Morgan fingerprint density at radius 3 is 2.47 bits per heavy atom. The van der Waals surface area contributed by atoms with Crippen LogP contribution in [0.15, 0.2) is 73.1 Å². The molecular formula is C33H32FN7O4. The molecule has 0 spiro atoms. The fourth-order valence-corrected chi connectivity index (χ4v) is 5.33. The molecule has 0 aliphatic carbocycles. The molecule has 1 unspecified atom stereocenters. The maximum absolute atomic E-state index is 14.9. The number of ether oxygens (including phenoxy) is 3. The maximum Gasteiger partial charge on any atom is 0.284 e. The van der Waals surface area contributed by atoms with E-state index in [0.717, 1.165) is 36.0 Å². The van der Waals surface area contributed by atoms with E-state index in [1.807, 2.05) is 43.1 Å². The van der Waals surface area contributed by atoms with Gasteiger partial charge in [-0.3, -0.25) is 19.7 Å². The molecule has 1 aliphatic rings. The van der Waals surface area contributed by atoms with Gasteiger partial charge in [-0.1, -0.05) is 0 Å². The largest absolute Gasteiger partial charge is 0.494 e. The van der Waals surface area contributed by atoms with Crippen molar-refractivity contribution in [2.45, 2.75) is 25.8 Å². The molecule has 2 N–H and O–H groups in total. The lowest BCUT2D eigenvalue weighted by Gasteiger charge is -2.17. The SMILES string of the molecule is COc1cc2ncnc(Nc3cc(C)c(Oc4ccc5nccnc5c4)cc3OC)c2cc1NC(=O)/C(F)=C/C1CCCN1C. The minimum Gasteiger partial charge on any atom is -0.494 e. The molecule has 1 saturated heterocycles. The molecule has 0 saturated carbocycles. The van der Waals surface area contributed by atoms with Crippen LogP contribution in [0.5, 0.6) is 23.0 Å². The van der Waals surface area contributed by atoms with Gasteiger partial charge < -0.3 is 24.8 Å². The summed E-state index contributed by atoms with van der Waals surface area (Å²) in [5.74, 6) is 0.794. The molecule has 230 valence electrons. The lowest BCUT2D eigenvalue weighted by atomic mass is 10.1. The Morgan fingerprint density at radius 2 is 1.71 bits per heavy atom. The molecule has 11 nitrogen and oxygen atoms in total. The number of halogens is 1. The lowest BCUT2D eigenvalue weighted by molar-refractivity contribution is -0.114. The number of anilines is 3. The highest BCUT2D eigenvalue weighted by Crippen LogP contribution is 2.39. The van der Waals surface area contributed by atoms with Gasteiger partial charge in [-0.2, -0.15) is 0 Å². The summed E-state index contributed by atoms with van der Waals surface area (Å²) in [7, 11) is 4.95. The molecule has 12 heteroatoms. The van der Waals surface area contributed by atoms with Crippen LogP contribution >= 0.6 is 0 Å². The Kier molecular flexibility index (Phi) is 8.39. The third kappa shape index (κ3) is 6.31. The maximum atomic E-state index is 14.9. The van der Waals surface area contributed by atoms with Crippen molar-refractivity contribution >= 4 is 45.0 Å². The van der Waals surface area contributed by atoms with Gasteiger partial charge in [-0.05, 0) is 69.3 Å². The van der Waals surface area contributed by atoms with Crippen LogP contribution in [-0.4, -0.2) is 64.6 Å². The second kappa shape index (κ2) is 12.7. The van der Waals surface area contributed by atoms with Gasteiger partial charge >= 0.3 is 0 Å². The number of rotatable bonds is 9. The average Bonchev–Trinajstić information content (AvgIpc) is 3.45. The Bertz CT molecular complexity index is 1930. The molecule has 1 atom stereocenters. The predicted octanol–water partition coefficient (Wildman–Crippen LogP) is 6.32. The van der Waals surface area contributed by atoms with Gasteiger partial charge in [0.05, 0.1) is 42.1 Å². The molecule has 45 heavy (non-hydrogen) atoms. The zero-order valence-electron chi connectivity index (χ0n) is 25.3. The third-order valence-corrected chi connectivity index (χ3v) is 7.76. The van der Waals surface area contributed by atoms with E-state index in [2.05, 4.69) is 30.6 Å². The van der Waals surface area contributed by atoms with E-state index in [9.17, 15) is 9.18 Å². The number of nitrogens with zero attached hydrogens (tertiary/aromatic N) is 5. The standard InChI is InChI=1S/C33H32FN7O4/c1-19-12-27(31(44-4)17-29(19)45-21-7-8-24-26(14-21)36-10-9-35-24)39-32-22-15-28(30(43-3)16-25(22)37-18-38-32)40-33(42)23(34)13-20-6-5-11-41(20)2/h7-10,12-18,20H,5-6,11H2,1-4H3,(H,40,42)(H,37,38,39)/b23-13-. The molecule has 1 amide bonds. The second-order valence-electron chi connectivity index (χ2n) is 10.7. The number of likely N-dealkylation sites (N-methyl/N-ethyl adjacent to an activating group) is 1. The van der Waals surface area contributed by atoms with Crippen LogP contribution in [0.3, 0.4) is 0 Å². The molecule has 3 aromatic carbocycles. The minimum atomic E-state index is -0.856. The van der Waals surface area contributed by atoms with Gasteiger partial charge in [0.25, 0.3) is 5.91 Å². The Hall–Kier alpha value is -5.36. The van der Waals surface area contributed by atoms with Crippen molar-refractivity contribution in [2.75, 3.05) is 38.4 Å². The zero-order valence-corrected chi connectivity index (χ0v) is 25.3. The molecule has 6 rings (SSSR count). The molecule has 1 aliphatic heterocycles.